The minimum Gasteiger partial charge on any atom is -0.462 e. The number of aliphatic hydroxyl groups excluding tert-OH is 4. The van der Waals surface area contributed by atoms with Gasteiger partial charge in [0.1, 0.15) is 41.5 Å². The van der Waals surface area contributed by atoms with Crippen molar-refractivity contribution in [1.82, 2.24) is 0 Å². The van der Waals surface area contributed by atoms with Crippen molar-refractivity contribution in [2.45, 2.75) is 30.7 Å². The zero-order chi connectivity index (χ0) is 20.5. The fourth-order valence-electron chi connectivity index (χ4n) is 3.25. The summed E-state index contributed by atoms with van der Waals surface area (Å²) in [6, 6.07) is 15.1. The highest BCUT2D eigenvalue weighted by atomic mass is 16.7. The van der Waals surface area contributed by atoms with E-state index in [2.05, 4.69) is 0 Å². The molecule has 0 aliphatic carbocycles. The molecule has 8 heteroatoms. The standard InChI is InChI=1S/C21H20O8/c22-10-17-18(24)19(25)20(26)21(29-17)27-12-6-7-15-13(8-12)14(23)9-16(28-15)11-4-2-1-3-5-11/h1-9,17-22,24-26H,10H2/t17-,18+,19+,20-,21+/m0/s1. The maximum absolute atomic E-state index is 12.6. The molecule has 0 radical (unpaired) electrons. The van der Waals surface area contributed by atoms with Crippen molar-refractivity contribution in [3.8, 4) is 17.1 Å². The minimum absolute atomic E-state index is 0.196. The number of ether oxygens (including phenoxy) is 2. The lowest BCUT2D eigenvalue weighted by Crippen LogP contribution is -2.60. The minimum atomic E-state index is -1.55. The van der Waals surface area contributed by atoms with Gasteiger partial charge in [-0.1, -0.05) is 30.3 Å². The van der Waals surface area contributed by atoms with Crippen LogP contribution in [0.1, 0.15) is 0 Å². The lowest BCUT2D eigenvalue weighted by Gasteiger charge is -2.39. The molecule has 2 aromatic carbocycles. The predicted octanol–water partition coefficient (Wildman–Crippen LogP) is 0.639. The number of fused-ring (bicyclic) bond motifs is 1. The number of hydrogen-bond acceptors (Lipinski definition) is 8. The second-order valence-electron chi connectivity index (χ2n) is 6.81. The summed E-state index contributed by atoms with van der Waals surface area (Å²) in [6.07, 6.45) is -6.99. The molecule has 4 N–H and O–H groups in total. The third-order valence-electron chi connectivity index (χ3n) is 4.86. The number of benzene rings is 2. The van der Waals surface area contributed by atoms with Crippen LogP contribution in [0.3, 0.4) is 0 Å². The molecule has 3 aromatic rings. The average molecular weight is 400 g/mol. The maximum Gasteiger partial charge on any atom is 0.229 e. The van der Waals surface area contributed by atoms with Crippen molar-refractivity contribution in [1.29, 1.82) is 0 Å². The monoisotopic (exact) mass is 400 g/mol. The fraction of sp³-hybridized carbons (Fsp3) is 0.286. The summed E-state index contributed by atoms with van der Waals surface area (Å²) < 4.78 is 16.7. The van der Waals surface area contributed by atoms with Crippen molar-refractivity contribution in [2.24, 2.45) is 0 Å². The van der Waals surface area contributed by atoms with Crippen molar-refractivity contribution in [2.75, 3.05) is 6.61 Å². The molecule has 0 saturated carbocycles. The molecule has 4 rings (SSSR count). The molecule has 1 fully saturated rings. The first-order chi connectivity index (χ1) is 14.0. The Bertz CT molecular complexity index is 1050. The molecule has 1 aliphatic heterocycles. The van der Waals surface area contributed by atoms with Crippen LogP contribution < -0.4 is 10.2 Å². The lowest BCUT2D eigenvalue weighted by atomic mass is 9.99. The fourth-order valence-corrected chi connectivity index (χ4v) is 3.25. The average Bonchev–Trinajstić information content (AvgIpc) is 2.75. The van der Waals surface area contributed by atoms with Gasteiger partial charge >= 0.3 is 0 Å². The topological polar surface area (TPSA) is 130 Å². The summed E-state index contributed by atoms with van der Waals surface area (Å²) in [4.78, 5) is 12.6. The molecule has 0 spiro atoms. The Balaban J connectivity index is 1.63. The number of rotatable bonds is 4. The Labute approximate surface area is 165 Å². The Morgan fingerprint density at radius 2 is 1.69 bits per heavy atom. The lowest BCUT2D eigenvalue weighted by molar-refractivity contribution is -0.277. The van der Waals surface area contributed by atoms with Crippen molar-refractivity contribution in [3.05, 3.63) is 64.8 Å². The zero-order valence-corrected chi connectivity index (χ0v) is 15.2. The largest absolute Gasteiger partial charge is 0.462 e. The molecule has 8 nitrogen and oxygen atoms in total. The van der Waals surface area contributed by atoms with Gasteiger partial charge in [0.25, 0.3) is 0 Å². The first-order valence-corrected chi connectivity index (χ1v) is 9.08. The Morgan fingerprint density at radius 1 is 0.931 bits per heavy atom. The van der Waals surface area contributed by atoms with E-state index in [4.69, 9.17) is 13.9 Å². The van der Waals surface area contributed by atoms with E-state index in [9.17, 15) is 25.2 Å². The number of aliphatic hydroxyl groups is 4. The first kappa shape index (κ1) is 19.6. The van der Waals surface area contributed by atoms with Gasteiger partial charge in [-0.3, -0.25) is 4.79 Å². The summed E-state index contributed by atoms with van der Waals surface area (Å²) in [7, 11) is 0. The van der Waals surface area contributed by atoms with Gasteiger partial charge in [0.15, 0.2) is 5.43 Å². The van der Waals surface area contributed by atoms with E-state index in [1.54, 1.807) is 6.07 Å². The summed E-state index contributed by atoms with van der Waals surface area (Å²) in [5, 5.41) is 39.3. The van der Waals surface area contributed by atoms with Crippen LogP contribution >= 0.6 is 0 Å². The van der Waals surface area contributed by atoms with Crippen LogP contribution in [-0.4, -0.2) is 57.7 Å². The van der Waals surface area contributed by atoms with Crippen LogP contribution in [-0.2, 0) is 4.74 Å². The van der Waals surface area contributed by atoms with E-state index in [0.29, 0.717) is 11.3 Å². The summed E-state index contributed by atoms with van der Waals surface area (Å²) >= 11 is 0. The zero-order valence-electron chi connectivity index (χ0n) is 15.2. The Morgan fingerprint density at radius 3 is 2.41 bits per heavy atom. The summed E-state index contributed by atoms with van der Waals surface area (Å²) in [5.74, 6) is 0.632. The van der Waals surface area contributed by atoms with E-state index < -0.39 is 37.3 Å². The normalized spacial score (nSPS) is 27.1. The highest BCUT2D eigenvalue weighted by Crippen LogP contribution is 2.27. The van der Waals surface area contributed by atoms with E-state index in [1.807, 2.05) is 30.3 Å². The quantitative estimate of drug-likeness (QED) is 0.502. The molecule has 2 heterocycles. The van der Waals surface area contributed by atoms with Gasteiger partial charge in [-0.25, -0.2) is 0 Å². The van der Waals surface area contributed by atoms with E-state index in [0.717, 1.165) is 5.56 Å². The van der Waals surface area contributed by atoms with Crippen LogP contribution in [0, 0.1) is 0 Å². The molecular formula is C21H20O8. The van der Waals surface area contributed by atoms with Gasteiger partial charge in [0, 0.05) is 11.6 Å². The molecule has 5 atom stereocenters. The van der Waals surface area contributed by atoms with Gasteiger partial charge in [-0.2, -0.15) is 0 Å². The summed E-state index contributed by atoms with van der Waals surface area (Å²) in [6.45, 7) is -0.561. The van der Waals surface area contributed by atoms with Crippen LogP contribution in [0.4, 0.5) is 0 Å². The van der Waals surface area contributed by atoms with Crippen LogP contribution in [0.15, 0.2) is 63.8 Å². The van der Waals surface area contributed by atoms with Gasteiger partial charge in [-0.15, -0.1) is 0 Å². The van der Waals surface area contributed by atoms with Crippen LogP contribution in [0.25, 0.3) is 22.3 Å². The molecular weight excluding hydrogens is 380 g/mol. The van der Waals surface area contributed by atoms with Crippen molar-refractivity contribution in [3.63, 3.8) is 0 Å². The molecule has 1 aromatic heterocycles. The Hall–Kier alpha value is -2.75. The van der Waals surface area contributed by atoms with E-state index in [-0.39, 0.29) is 16.6 Å². The molecule has 0 unspecified atom stereocenters. The molecule has 1 aliphatic rings. The molecule has 0 bridgehead atoms. The van der Waals surface area contributed by atoms with Crippen LogP contribution in [0.5, 0.6) is 5.75 Å². The van der Waals surface area contributed by atoms with E-state index in [1.165, 1.54) is 18.2 Å². The van der Waals surface area contributed by atoms with Gasteiger partial charge in [0.2, 0.25) is 6.29 Å². The van der Waals surface area contributed by atoms with Gasteiger partial charge < -0.3 is 34.3 Å². The van der Waals surface area contributed by atoms with Crippen molar-refractivity contribution < 1.29 is 34.3 Å². The molecule has 29 heavy (non-hydrogen) atoms. The molecule has 152 valence electrons. The highest BCUT2D eigenvalue weighted by molar-refractivity contribution is 5.80. The maximum atomic E-state index is 12.6. The van der Waals surface area contributed by atoms with Crippen molar-refractivity contribution >= 4 is 11.0 Å². The Kier molecular flexibility index (Phi) is 5.35. The van der Waals surface area contributed by atoms with E-state index >= 15 is 0 Å². The smallest absolute Gasteiger partial charge is 0.229 e. The summed E-state index contributed by atoms with van der Waals surface area (Å²) in [5.41, 5.74) is 0.856. The second-order valence-corrected chi connectivity index (χ2v) is 6.81. The van der Waals surface area contributed by atoms with Gasteiger partial charge in [0.05, 0.1) is 12.0 Å². The molecule has 1 saturated heterocycles. The van der Waals surface area contributed by atoms with Gasteiger partial charge in [-0.05, 0) is 18.2 Å². The third-order valence-corrected chi connectivity index (χ3v) is 4.86. The first-order valence-electron chi connectivity index (χ1n) is 9.08. The predicted molar refractivity (Wildman–Crippen MR) is 102 cm³/mol. The molecule has 0 amide bonds. The second kappa shape index (κ2) is 7.94. The SMILES string of the molecule is O=c1cc(-c2ccccc2)oc2ccc(O[C@@H]3O[C@@H](CO)[C@@H](O)[C@@H](O)[C@@H]3O)cc12. The highest BCUT2D eigenvalue weighted by Gasteiger charge is 2.44. The third kappa shape index (κ3) is 3.76. The van der Waals surface area contributed by atoms with Crippen LogP contribution in [0.2, 0.25) is 0 Å². The number of hydrogen-bond donors (Lipinski definition) is 4.